The molecule has 20 heavy (non-hydrogen) atoms. The Bertz CT molecular complexity index is 665. The van der Waals surface area contributed by atoms with Crippen LogP contribution in [0.25, 0.3) is 6.08 Å². The Kier molecular flexibility index (Phi) is 4.83. The van der Waals surface area contributed by atoms with E-state index >= 15 is 0 Å². The average Bonchev–Trinajstić information content (AvgIpc) is 2.41. The van der Waals surface area contributed by atoms with Gasteiger partial charge in [-0.05, 0) is 42.3 Å². The van der Waals surface area contributed by atoms with Gasteiger partial charge in [-0.3, -0.25) is 4.79 Å². The Balaban J connectivity index is 2.08. The van der Waals surface area contributed by atoms with Crippen LogP contribution < -0.4 is 5.32 Å². The van der Waals surface area contributed by atoms with Crippen LogP contribution in [-0.4, -0.2) is 5.91 Å². The minimum absolute atomic E-state index is 0.254. The van der Waals surface area contributed by atoms with Crippen molar-refractivity contribution < 1.29 is 4.79 Å². The van der Waals surface area contributed by atoms with Gasteiger partial charge in [0.15, 0.2) is 0 Å². The predicted molar refractivity (Wildman–Crippen MR) is 85.3 cm³/mol. The van der Waals surface area contributed by atoms with E-state index in [1.807, 2.05) is 31.2 Å². The van der Waals surface area contributed by atoms with Crippen molar-refractivity contribution in [1.82, 2.24) is 0 Å². The maximum atomic E-state index is 11.8. The van der Waals surface area contributed by atoms with Gasteiger partial charge in [0.05, 0.1) is 10.7 Å². The first-order chi connectivity index (χ1) is 9.56. The number of aryl methyl sites for hydroxylation is 1. The quantitative estimate of drug-likeness (QED) is 0.798. The van der Waals surface area contributed by atoms with Crippen LogP contribution in [0, 0.1) is 6.92 Å². The maximum Gasteiger partial charge on any atom is 0.248 e. The fraction of sp³-hybridized carbons (Fsp3) is 0.0625. The number of halogens is 2. The Morgan fingerprint density at radius 2 is 1.85 bits per heavy atom. The van der Waals surface area contributed by atoms with Gasteiger partial charge in [0, 0.05) is 11.1 Å². The lowest BCUT2D eigenvalue weighted by molar-refractivity contribution is -0.111. The van der Waals surface area contributed by atoms with E-state index in [1.54, 1.807) is 24.3 Å². The zero-order chi connectivity index (χ0) is 14.5. The van der Waals surface area contributed by atoms with Gasteiger partial charge in [-0.15, -0.1) is 0 Å². The third-order valence-electron chi connectivity index (χ3n) is 2.70. The summed E-state index contributed by atoms with van der Waals surface area (Å²) >= 11 is 12.1. The number of carbonyl (C=O) groups is 1. The van der Waals surface area contributed by atoms with E-state index in [2.05, 4.69) is 5.32 Å². The number of hydrogen-bond donors (Lipinski definition) is 1. The zero-order valence-electron chi connectivity index (χ0n) is 10.9. The first-order valence-corrected chi connectivity index (χ1v) is 6.81. The molecule has 2 nitrogen and oxygen atoms in total. The van der Waals surface area contributed by atoms with Crippen LogP contribution in [0.4, 0.5) is 5.69 Å². The van der Waals surface area contributed by atoms with E-state index in [0.29, 0.717) is 15.7 Å². The molecule has 2 rings (SSSR count). The van der Waals surface area contributed by atoms with Crippen molar-refractivity contribution in [2.75, 3.05) is 5.32 Å². The van der Waals surface area contributed by atoms with Crippen LogP contribution in [0.5, 0.6) is 0 Å². The van der Waals surface area contributed by atoms with E-state index in [9.17, 15) is 4.79 Å². The number of rotatable bonds is 3. The van der Waals surface area contributed by atoms with Crippen molar-refractivity contribution in [3.63, 3.8) is 0 Å². The van der Waals surface area contributed by atoms with Crippen molar-refractivity contribution in [2.45, 2.75) is 6.92 Å². The third-order valence-corrected chi connectivity index (χ3v) is 3.36. The number of amides is 1. The molecule has 0 aliphatic heterocycles. The van der Waals surface area contributed by atoms with Crippen molar-refractivity contribution >= 4 is 40.9 Å². The van der Waals surface area contributed by atoms with E-state index in [-0.39, 0.29) is 5.91 Å². The fourth-order valence-corrected chi connectivity index (χ4v) is 2.15. The Labute approximate surface area is 128 Å². The average molecular weight is 306 g/mol. The summed E-state index contributed by atoms with van der Waals surface area (Å²) in [7, 11) is 0. The molecule has 0 fully saturated rings. The molecule has 0 heterocycles. The van der Waals surface area contributed by atoms with Crippen molar-refractivity contribution in [3.05, 3.63) is 69.7 Å². The summed E-state index contributed by atoms with van der Waals surface area (Å²) in [5.74, 6) is -0.254. The van der Waals surface area contributed by atoms with E-state index in [4.69, 9.17) is 23.2 Å². The summed E-state index contributed by atoms with van der Waals surface area (Å²) in [6.07, 6.45) is 3.09. The van der Waals surface area contributed by atoms with Crippen LogP contribution in [0.3, 0.4) is 0 Å². The van der Waals surface area contributed by atoms with Crippen molar-refractivity contribution in [2.24, 2.45) is 0 Å². The molecular formula is C16H13Cl2NO. The van der Waals surface area contributed by atoms with E-state index in [1.165, 1.54) is 6.08 Å². The summed E-state index contributed by atoms with van der Waals surface area (Å²) in [5.41, 5.74) is 2.42. The molecule has 0 unspecified atom stereocenters. The van der Waals surface area contributed by atoms with Gasteiger partial charge in [-0.1, -0.05) is 47.5 Å². The van der Waals surface area contributed by atoms with Crippen LogP contribution >= 0.6 is 23.2 Å². The molecule has 0 atom stereocenters. The normalized spacial score (nSPS) is 10.8. The third kappa shape index (κ3) is 3.86. The van der Waals surface area contributed by atoms with Crippen LogP contribution in [0.1, 0.15) is 11.1 Å². The molecule has 0 bridgehead atoms. The van der Waals surface area contributed by atoms with Gasteiger partial charge in [-0.25, -0.2) is 0 Å². The monoisotopic (exact) mass is 305 g/mol. The first kappa shape index (κ1) is 14.6. The van der Waals surface area contributed by atoms with Gasteiger partial charge in [-0.2, -0.15) is 0 Å². The molecule has 0 saturated carbocycles. The minimum Gasteiger partial charge on any atom is -0.321 e. The highest BCUT2D eigenvalue weighted by atomic mass is 35.5. The molecule has 0 aliphatic carbocycles. The Hall–Kier alpha value is -1.77. The highest BCUT2D eigenvalue weighted by Crippen LogP contribution is 2.23. The van der Waals surface area contributed by atoms with Gasteiger partial charge in [0.2, 0.25) is 5.91 Å². The summed E-state index contributed by atoms with van der Waals surface area (Å²) in [6.45, 7) is 1.94. The number of benzene rings is 2. The van der Waals surface area contributed by atoms with E-state index < -0.39 is 0 Å². The number of hydrogen-bond acceptors (Lipinski definition) is 1. The largest absolute Gasteiger partial charge is 0.321 e. The van der Waals surface area contributed by atoms with Gasteiger partial charge in [0.25, 0.3) is 0 Å². The molecule has 0 aromatic heterocycles. The van der Waals surface area contributed by atoms with Crippen LogP contribution in [0.15, 0.2) is 48.5 Å². The molecule has 0 radical (unpaired) electrons. The van der Waals surface area contributed by atoms with Crippen LogP contribution in [0.2, 0.25) is 10.0 Å². The standard InChI is InChI=1S/C16H13Cl2NO/c1-11-6-8-15(14(18)10-11)19-16(20)9-7-12-4-2-3-5-13(12)17/h2-10H,1H3,(H,19,20)/b9-7+. The van der Waals surface area contributed by atoms with Crippen molar-refractivity contribution in [3.8, 4) is 0 Å². The molecular weight excluding hydrogens is 293 g/mol. The number of nitrogens with one attached hydrogen (secondary N) is 1. The maximum absolute atomic E-state index is 11.8. The van der Waals surface area contributed by atoms with Gasteiger partial charge in [0.1, 0.15) is 0 Å². The molecule has 1 amide bonds. The number of carbonyl (C=O) groups excluding carboxylic acids is 1. The van der Waals surface area contributed by atoms with Gasteiger partial charge < -0.3 is 5.32 Å². The fourth-order valence-electron chi connectivity index (χ4n) is 1.67. The molecule has 102 valence electrons. The Morgan fingerprint density at radius 1 is 1.10 bits per heavy atom. The highest BCUT2D eigenvalue weighted by Gasteiger charge is 2.03. The minimum atomic E-state index is -0.254. The molecule has 0 spiro atoms. The number of anilines is 1. The highest BCUT2D eigenvalue weighted by molar-refractivity contribution is 6.34. The summed E-state index contributed by atoms with van der Waals surface area (Å²) in [6, 6.07) is 12.8. The summed E-state index contributed by atoms with van der Waals surface area (Å²) in [5, 5.41) is 3.85. The molecule has 0 aliphatic rings. The SMILES string of the molecule is Cc1ccc(NC(=O)/C=C/c2ccccc2Cl)c(Cl)c1. The smallest absolute Gasteiger partial charge is 0.248 e. The Morgan fingerprint density at radius 3 is 2.55 bits per heavy atom. The molecule has 1 N–H and O–H groups in total. The molecule has 4 heteroatoms. The molecule has 2 aromatic rings. The summed E-state index contributed by atoms with van der Waals surface area (Å²) in [4.78, 5) is 11.8. The molecule has 2 aromatic carbocycles. The van der Waals surface area contributed by atoms with Crippen molar-refractivity contribution in [1.29, 1.82) is 0 Å². The second-order valence-electron chi connectivity index (χ2n) is 4.33. The lowest BCUT2D eigenvalue weighted by Crippen LogP contribution is -2.08. The predicted octanol–water partition coefficient (Wildman–Crippen LogP) is 4.95. The van der Waals surface area contributed by atoms with E-state index in [0.717, 1.165) is 11.1 Å². The summed E-state index contributed by atoms with van der Waals surface area (Å²) < 4.78 is 0. The second-order valence-corrected chi connectivity index (χ2v) is 5.14. The zero-order valence-corrected chi connectivity index (χ0v) is 12.4. The topological polar surface area (TPSA) is 29.1 Å². The second kappa shape index (κ2) is 6.60. The van der Waals surface area contributed by atoms with Gasteiger partial charge >= 0.3 is 0 Å². The molecule has 0 saturated heterocycles. The lowest BCUT2D eigenvalue weighted by atomic mass is 10.2. The van der Waals surface area contributed by atoms with Crippen LogP contribution in [-0.2, 0) is 4.79 Å². The first-order valence-electron chi connectivity index (χ1n) is 6.06. The lowest BCUT2D eigenvalue weighted by Gasteiger charge is -2.05.